The van der Waals surface area contributed by atoms with Crippen molar-refractivity contribution in [3.8, 4) is 45.6 Å². The second kappa shape index (κ2) is 10.6. The van der Waals surface area contributed by atoms with E-state index in [2.05, 4.69) is 30.9 Å². The normalized spacial score (nSPS) is 10.9. The van der Waals surface area contributed by atoms with Gasteiger partial charge in [0.25, 0.3) is 5.91 Å². The minimum absolute atomic E-state index is 0.112. The molecular weight excluding hydrogens is 536 g/mol. The number of amides is 1. The Bertz CT molecular complexity index is 1710. The number of rotatable bonds is 8. The number of carboxylic acid groups (broad SMARTS) is 2. The standard InChI is InChI=1S/C26H20N8O7/c1-2-27-24(37)13-9-16(18-11-33(31-29-18)22-14(25(38)39)5-3-7-20(22)35)28-17(10-13)19-12-34(32-30-19)23-15(26(40)41)6-4-8-21(23)36/h3-12,35-36H,2H2,1H3,(H,27,37)(H,38,39)(H,40,41). The van der Waals surface area contributed by atoms with Crippen LogP contribution in [0.5, 0.6) is 11.5 Å². The Morgan fingerprint density at radius 1 is 0.756 bits per heavy atom. The first-order valence-electron chi connectivity index (χ1n) is 11.9. The van der Waals surface area contributed by atoms with Crippen LogP contribution in [0.25, 0.3) is 34.2 Å². The number of aromatic nitrogens is 7. The van der Waals surface area contributed by atoms with Gasteiger partial charge in [0, 0.05) is 12.1 Å². The van der Waals surface area contributed by atoms with E-state index in [0.717, 1.165) is 9.36 Å². The average Bonchev–Trinajstić information content (AvgIpc) is 3.63. The van der Waals surface area contributed by atoms with Gasteiger partial charge in [0.1, 0.15) is 34.3 Å². The number of benzene rings is 2. The molecule has 0 radical (unpaired) electrons. The van der Waals surface area contributed by atoms with E-state index in [1.807, 2.05) is 0 Å². The van der Waals surface area contributed by atoms with Gasteiger partial charge >= 0.3 is 11.9 Å². The molecule has 0 bridgehead atoms. The van der Waals surface area contributed by atoms with Gasteiger partial charge < -0.3 is 25.7 Å². The van der Waals surface area contributed by atoms with E-state index >= 15 is 0 Å². The maximum Gasteiger partial charge on any atom is 0.338 e. The Morgan fingerprint density at radius 3 is 1.63 bits per heavy atom. The second-order valence-corrected chi connectivity index (χ2v) is 8.54. The number of phenolic OH excluding ortho intramolecular Hbond substituents is 2. The van der Waals surface area contributed by atoms with Crippen molar-refractivity contribution in [2.24, 2.45) is 0 Å². The molecule has 0 saturated heterocycles. The molecule has 5 N–H and O–H groups in total. The van der Waals surface area contributed by atoms with Crippen LogP contribution in [0.3, 0.4) is 0 Å². The fourth-order valence-corrected chi connectivity index (χ4v) is 4.06. The van der Waals surface area contributed by atoms with Gasteiger partial charge in [0.2, 0.25) is 0 Å². The number of hydrogen-bond donors (Lipinski definition) is 5. The first kappa shape index (κ1) is 26.5. The van der Waals surface area contributed by atoms with Crippen molar-refractivity contribution in [2.75, 3.05) is 6.54 Å². The Hall–Kier alpha value is -6.12. The summed E-state index contributed by atoms with van der Waals surface area (Å²) >= 11 is 0. The Balaban J connectivity index is 1.62. The summed E-state index contributed by atoms with van der Waals surface area (Å²) in [6.07, 6.45) is 2.68. The molecule has 0 saturated carbocycles. The van der Waals surface area contributed by atoms with Crippen molar-refractivity contribution in [3.63, 3.8) is 0 Å². The van der Waals surface area contributed by atoms with E-state index in [4.69, 9.17) is 0 Å². The lowest BCUT2D eigenvalue weighted by atomic mass is 10.1. The molecule has 2 aromatic carbocycles. The van der Waals surface area contributed by atoms with Crippen molar-refractivity contribution < 1.29 is 34.8 Å². The van der Waals surface area contributed by atoms with Crippen LogP contribution in [0.2, 0.25) is 0 Å². The summed E-state index contributed by atoms with van der Waals surface area (Å²) < 4.78 is 2.16. The van der Waals surface area contributed by atoms with Gasteiger partial charge in [-0.2, -0.15) is 0 Å². The number of phenols is 2. The fourth-order valence-electron chi connectivity index (χ4n) is 4.06. The van der Waals surface area contributed by atoms with Crippen LogP contribution in [0.4, 0.5) is 0 Å². The maximum atomic E-state index is 12.8. The number of nitrogens with one attached hydrogen (secondary N) is 1. The Kier molecular flexibility index (Phi) is 6.82. The minimum Gasteiger partial charge on any atom is -0.506 e. The van der Waals surface area contributed by atoms with Crippen molar-refractivity contribution in [3.05, 3.63) is 77.6 Å². The third-order valence-electron chi connectivity index (χ3n) is 5.88. The van der Waals surface area contributed by atoms with Gasteiger partial charge in [-0.1, -0.05) is 22.6 Å². The number of pyridine rings is 1. The number of hydrogen-bond acceptors (Lipinski definition) is 10. The third-order valence-corrected chi connectivity index (χ3v) is 5.88. The van der Waals surface area contributed by atoms with E-state index in [-0.39, 0.29) is 62.3 Å². The number of aromatic carboxylic acids is 2. The van der Waals surface area contributed by atoms with Crippen LogP contribution in [0.15, 0.2) is 60.9 Å². The van der Waals surface area contributed by atoms with Gasteiger partial charge in [-0.25, -0.2) is 23.9 Å². The number of carbonyl (C=O) groups excluding carboxylic acids is 1. The van der Waals surface area contributed by atoms with Gasteiger partial charge in [-0.05, 0) is 43.3 Å². The van der Waals surface area contributed by atoms with Crippen LogP contribution in [0, 0.1) is 0 Å². The summed E-state index contributed by atoms with van der Waals surface area (Å²) in [5.41, 5.74) is 0.115. The molecule has 3 heterocycles. The third kappa shape index (κ3) is 5.01. The maximum absolute atomic E-state index is 12.8. The van der Waals surface area contributed by atoms with Gasteiger partial charge in [0.15, 0.2) is 0 Å². The predicted octanol–water partition coefficient (Wildman–Crippen LogP) is 2.13. The zero-order valence-electron chi connectivity index (χ0n) is 21.1. The highest BCUT2D eigenvalue weighted by molar-refractivity contribution is 5.96. The molecule has 0 aliphatic rings. The molecule has 5 rings (SSSR count). The van der Waals surface area contributed by atoms with E-state index in [1.54, 1.807) is 6.92 Å². The van der Waals surface area contributed by atoms with E-state index < -0.39 is 17.8 Å². The van der Waals surface area contributed by atoms with Crippen LogP contribution in [0.1, 0.15) is 38.0 Å². The van der Waals surface area contributed by atoms with Crippen molar-refractivity contribution in [2.45, 2.75) is 6.92 Å². The molecular formula is C26H20N8O7. The smallest absolute Gasteiger partial charge is 0.338 e. The first-order chi connectivity index (χ1) is 19.7. The molecule has 5 aromatic rings. The lowest BCUT2D eigenvalue weighted by Crippen LogP contribution is -2.22. The first-order valence-corrected chi connectivity index (χ1v) is 11.9. The topological polar surface area (TPSA) is 218 Å². The zero-order chi connectivity index (χ0) is 29.3. The summed E-state index contributed by atoms with van der Waals surface area (Å²) in [6, 6.07) is 10.9. The SMILES string of the molecule is CCNC(=O)c1cc(-c2cn(-c3c(O)cccc3C(=O)O)nn2)nc(-c2cn(-c3c(O)cccc3C(=O)O)nn2)c1. The summed E-state index contributed by atoms with van der Waals surface area (Å²) in [4.78, 5) is 40.7. The number of nitrogens with zero attached hydrogens (tertiary/aromatic N) is 7. The second-order valence-electron chi connectivity index (χ2n) is 8.54. The zero-order valence-corrected chi connectivity index (χ0v) is 21.1. The highest BCUT2D eigenvalue weighted by Gasteiger charge is 2.21. The molecule has 0 spiro atoms. The van der Waals surface area contributed by atoms with Crippen molar-refractivity contribution in [1.82, 2.24) is 40.3 Å². The Labute approximate surface area is 230 Å². The van der Waals surface area contributed by atoms with Crippen molar-refractivity contribution >= 4 is 17.8 Å². The summed E-state index contributed by atoms with van der Waals surface area (Å²) in [6.45, 7) is 2.09. The van der Waals surface area contributed by atoms with Crippen LogP contribution in [-0.2, 0) is 0 Å². The quantitative estimate of drug-likeness (QED) is 0.186. The molecule has 15 heteroatoms. The lowest BCUT2D eigenvalue weighted by molar-refractivity contribution is 0.0685. The summed E-state index contributed by atoms with van der Waals surface area (Å²) in [7, 11) is 0. The number of aromatic hydroxyl groups is 2. The van der Waals surface area contributed by atoms with Crippen LogP contribution in [-0.4, -0.2) is 79.8 Å². The molecule has 0 aliphatic heterocycles. The summed E-state index contributed by atoms with van der Waals surface area (Å²) in [5, 5.41) is 58.4. The fraction of sp³-hybridized carbons (Fsp3) is 0.0769. The predicted molar refractivity (Wildman–Crippen MR) is 140 cm³/mol. The molecule has 15 nitrogen and oxygen atoms in total. The average molecular weight is 556 g/mol. The molecule has 0 aliphatic carbocycles. The molecule has 0 fully saturated rings. The molecule has 0 unspecified atom stereocenters. The number of carboxylic acids is 2. The molecule has 1 amide bonds. The van der Waals surface area contributed by atoms with Crippen LogP contribution >= 0.6 is 0 Å². The molecule has 3 aromatic heterocycles. The van der Waals surface area contributed by atoms with Gasteiger partial charge in [-0.3, -0.25) is 4.79 Å². The van der Waals surface area contributed by atoms with Gasteiger partial charge in [0.05, 0.1) is 34.9 Å². The van der Waals surface area contributed by atoms with Crippen molar-refractivity contribution in [1.29, 1.82) is 0 Å². The monoisotopic (exact) mass is 556 g/mol. The van der Waals surface area contributed by atoms with E-state index in [9.17, 15) is 34.8 Å². The highest BCUT2D eigenvalue weighted by Crippen LogP contribution is 2.29. The number of carbonyl (C=O) groups is 3. The summed E-state index contributed by atoms with van der Waals surface area (Å²) in [5.74, 6) is -3.68. The molecule has 206 valence electrons. The number of para-hydroxylation sites is 2. The molecule has 0 atom stereocenters. The van der Waals surface area contributed by atoms with E-state index in [1.165, 1.54) is 60.9 Å². The lowest BCUT2D eigenvalue weighted by Gasteiger charge is -2.08. The van der Waals surface area contributed by atoms with E-state index in [0.29, 0.717) is 6.54 Å². The molecule has 41 heavy (non-hydrogen) atoms. The highest BCUT2D eigenvalue weighted by atomic mass is 16.4. The Morgan fingerprint density at radius 2 is 1.22 bits per heavy atom. The van der Waals surface area contributed by atoms with Gasteiger partial charge in [-0.15, -0.1) is 10.2 Å². The largest absolute Gasteiger partial charge is 0.506 e. The minimum atomic E-state index is -1.29. The van der Waals surface area contributed by atoms with Crippen LogP contribution < -0.4 is 5.32 Å².